The van der Waals surface area contributed by atoms with Crippen molar-refractivity contribution in [2.24, 2.45) is 0 Å². The summed E-state index contributed by atoms with van der Waals surface area (Å²) in [7, 11) is 4.06. The average molecular weight is 438 g/mol. The highest BCUT2D eigenvalue weighted by molar-refractivity contribution is 7.21. The third-order valence-corrected chi connectivity index (χ3v) is 6.31. The fourth-order valence-electron chi connectivity index (χ4n) is 3.87. The quantitative estimate of drug-likeness (QED) is 0.572. The molecule has 4 heterocycles. The van der Waals surface area contributed by atoms with E-state index in [1.54, 1.807) is 17.5 Å². The molecule has 1 amide bonds. The van der Waals surface area contributed by atoms with Gasteiger partial charge in [-0.1, -0.05) is 17.9 Å². The molecule has 8 nitrogen and oxygen atoms in total. The molecule has 1 saturated heterocycles. The molecule has 1 aliphatic rings. The van der Waals surface area contributed by atoms with Gasteiger partial charge in [-0.25, -0.2) is 15.0 Å². The Hall–Kier alpha value is -3.04. The predicted molar refractivity (Wildman–Crippen MR) is 126 cm³/mol. The molecule has 9 heteroatoms. The number of likely N-dealkylation sites (tertiary alicyclic amines) is 1. The minimum Gasteiger partial charge on any atom is -0.384 e. The second-order valence-electron chi connectivity index (χ2n) is 7.96. The summed E-state index contributed by atoms with van der Waals surface area (Å²) in [6.45, 7) is 5.68. The van der Waals surface area contributed by atoms with Crippen molar-refractivity contribution in [1.82, 2.24) is 24.8 Å². The largest absolute Gasteiger partial charge is 0.384 e. The highest BCUT2D eigenvalue weighted by Crippen LogP contribution is 2.37. The van der Waals surface area contributed by atoms with Gasteiger partial charge in [0.1, 0.15) is 27.0 Å². The summed E-state index contributed by atoms with van der Waals surface area (Å²) in [5, 5.41) is 4.47. The number of rotatable bonds is 6. The molecule has 3 aromatic rings. The number of nitrogens with one attached hydrogen (secondary N) is 1. The van der Waals surface area contributed by atoms with Crippen LogP contribution in [0.3, 0.4) is 0 Å². The molecule has 4 rings (SSSR count). The second-order valence-corrected chi connectivity index (χ2v) is 8.94. The highest BCUT2D eigenvalue weighted by atomic mass is 32.1. The van der Waals surface area contributed by atoms with Gasteiger partial charge in [0.15, 0.2) is 0 Å². The Labute approximate surface area is 185 Å². The normalized spacial score (nSPS) is 14.9. The van der Waals surface area contributed by atoms with Crippen molar-refractivity contribution >= 4 is 39.2 Å². The molecule has 0 unspecified atom stereocenters. The molecule has 0 saturated carbocycles. The van der Waals surface area contributed by atoms with Gasteiger partial charge < -0.3 is 20.9 Å². The van der Waals surface area contributed by atoms with Crippen LogP contribution in [-0.4, -0.2) is 63.9 Å². The van der Waals surface area contributed by atoms with E-state index in [-0.39, 0.29) is 11.9 Å². The predicted octanol–water partition coefficient (Wildman–Crippen LogP) is 2.99. The van der Waals surface area contributed by atoms with Gasteiger partial charge in [-0.05, 0) is 56.8 Å². The fraction of sp³-hybridized carbons (Fsp3) is 0.364. The number of hydrogen-bond donors (Lipinski definition) is 2. The van der Waals surface area contributed by atoms with E-state index in [9.17, 15) is 4.79 Å². The number of piperidine rings is 1. The number of nitrogen functional groups attached to an aromatic ring is 1. The summed E-state index contributed by atoms with van der Waals surface area (Å²) in [5.74, 6) is 1.20. The van der Waals surface area contributed by atoms with Crippen molar-refractivity contribution in [3.05, 3.63) is 42.6 Å². The van der Waals surface area contributed by atoms with Crippen LogP contribution in [0, 0.1) is 0 Å². The van der Waals surface area contributed by atoms with Crippen molar-refractivity contribution in [2.75, 3.05) is 38.2 Å². The van der Waals surface area contributed by atoms with Crippen LogP contribution in [0.1, 0.15) is 18.4 Å². The number of amides is 1. The lowest BCUT2D eigenvalue weighted by Crippen LogP contribution is -2.41. The maximum Gasteiger partial charge on any atom is 0.245 e. The molecule has 0 spiro atoms. The van der Waals surface area contributed by atoms with E-state index in [2.05, 4.69) is 26.8 Å². The van der Waals surface area contributed by atoms with Crippen LogP contribution in [0.15, 0.2) is 37.1 Å². The maximum absolute atomic E-state index is 11.9. The number of carbonyl (C=O) groups is 1. The average Bonchev–Trinajstić information content (AvgIpc) is 3.16. The first kappa shape index (κ1) is 21.2. The molecule has 0 atom stereocenters. The van der Waals surface area contributed by atoms with E-state index < -0.39 is 0 Å². The van der Waals surface area contributed by atoms with Crippen LogP contribution in [-0.2, 0) is 11.3 Å². The topological polar surface area (TPSA) is 100 Å². The smallest absolute Gasteiger partial charge is 0.245 e. The summed E-state index contributed by atoms with van der Waals surface area (Å²) in [6, 6.07) is 5.98. The molecule has 0 bridgehead atoms. The Morgan fingerprint density at radius 1 is 1.39 bits per heavy atom. The summed E-state index contributed by atoms with van der Waals surface area (Å²) < 4.78 is 0. The molecule has 0 aliphatic carbocycles. The second kappa shape index (κ2) is 8.99. The van der Waals surface area contributed by atoms with Gasteiger partial charge in [0.05, 0.1) is 5.56 Å². The summed E-state index contributed by atoms with van der Waals surface area (Å²) in [4.78, 5) is 30.6. The van der Waals surface area contributed by atoms with E-state index in [4.69, 9.17) is 10.7 Å². The van der Waals surface area contributed by atoms with Crippen LogP contribution in [0.5, 0.6) is 0 Å². The Balaban J connectivity index is 1.69. The Bertz CT molecular complexity index is 1070. The van der Waals surface area contributed by atoms with E-state index in [0.29, 0.717) is 25.5 Å². The fourth-order valence-corrected chi connectivity index (χ4v) is 4.86. The van der Waals surface area contributed by atoms with Crippen LogP contribution in [0.4, 0.5) is 11.6 Å². The maximum atomic E-state index is 11.9. The Morgan fingerprint density at radius 2 is 2.16 bits per heavy atom. The van der Waals surface area contributed by atoms with Gasteiger partial charge in [0, 0.05) is 31.9 Å². The number of carbonyl (C=O) groups excluding carboxylic acids is 1. The minimum absolute atomic E-state index is 0.0172. The molecule has 1 fully saturated rings. The summed E-state index contributed by atoms with van der Waals surface area (Å²) >= 11 is 1.56. The Kier molecular flexibility index (Phi) is 6.15. The van der Waals surface area contributed by atoms with Gasteiger partial charge in [-0.3, -0.25) is 4.79 Å². The van der Waals surface area contributed by atoms with Crippen molar-refractivity contribution in [1.29, 1.82) is 0 Å². The van der Waals surface area contributed by atoms with Crippen molar-refractivity contribution in [2.45, 2.75) is 25.4 Å². The number of fused-ring (bicyclic) bond motifs is 1. The number of hydrogen-bond acceptors (Lipinski definition) is 8. The van der Waals surface area contributed by atoms with Crippen molar-refractivity contribution < 1.29 is 4.79 Å². The first-order valence-corrected chi connectivity index (χ1v) is 11.1. The van der Waals surface area contributed by atoms with Crippen LogP contribution >= 0.6 is 11.3 Å². The molecule has 31 heavy (non-hydrogen) atoms. The number of aromatic nitrogens is 3. The highest BCUT2D eigenvalue weighted by Gasteiger charge is 2.25. The zero-order valence-electron chi connectivity index (χ0n) is 17.8. The van der Waals surface area contributed by atoms with Gasteiger partial charge in [-0.15, -0.1) is 0 Å². The lowest BCUT2D eigenvalue weighted by Gasteiger charge is -2.32. The number of pyridine rings is 2. The van der Waals surface area contributed by atoms with Crippen LogP contribution < -0.4 is 11.1 Å². The van der Waals surface area contributed by atoms with E-state index in [1.807, 2.05) is 37.2 Å². The van der Waals surface area contributed by atoms with E-state index in [0.717, 1.165) is 45.1 Å². The van der Waals surface area contributed by atoms with Gasteiger partial charge in [0.2, 0.25) is 5.91 Å². The molecule has 1 aliphatic heterocycles. The van der Waals surface area contributed by atoms with Crippen molar-refractivity contribution in [3.63, 3.8) is 0 Å². The lowest BCUT2D eigenvalue weighted by molar-refractivity contribution is -0.126. The number of anilines is 2. The van der Waals surface area contributed by atoms with Crippen LogP contribution in [0.2, 0.25) is 0 Å². The molecule has 3 aromatic heterocycles. The van der Waals surface area contributed by atoms with Crippen LogP contribution in [0.25, 0.3) is 20.9 Å². The number of nitrogens with zero attached hydrogens (tertiary/aromatic N) is 5. The third kappa shape index (κ3) is 4.67. The number of thiazole rings is 1. The zero-order valence-corrected chi connectivity index (χ0v) is 18.7. The molecule has 3 N–H and O–H groups in total. The van der Waals surface area contributed by atoms with Gasteiger partial charge >= 0.3 is 0 Å². The molecule has 0 radical (unpaired) electrons. The third-order valence-electron chi connectivity index (χ3n) is 5.31. The van der Waals surface area contributed by atoms with Gasteiger partial charge in [-0.2, -0.15) is 0 Å². The van der Waals surface area contributed by atoms with Gasteiger partial charge in [0.25, 0.3) is 0 Å². The standard InChI is InChI=1S/C22H27N7OS/c1-4-18(30)29-10-7-15(8-11-29)25-20-19(14(13-28(2)3)12-17(23)27-20)22-26-16-6-5-9-24-21(16)31-22/h4-6,9,12,15H,1,7-8,10-11,13H2,2-3H3,(H3,23,25,27). The Morgan fingerprint density at radius 3 is 2.84 bits per heavy atom. The lowest BCUT2D eigenvalue weighted by atomic mass is 10.0. The SMILES string of the molecule is C=CC(=O)N1CCC(Nc2nc(N)cc(CN(C)C)c2-c2nc3cccnc3s2)CC1. The summed E-state index contributed by atoms with van der Waals surface area (Å²) in [6.07, 6.45) is 4.82. The van der Waals surface area contributed by atoms with E-state index in [1.165, 1.54) is 6.08 Å². The van der Waals surface area contributed by atoms with Crippen molar-refractivity contribution in [3.8, 4) is 10.6 Å². The summed E-state index contributed by atoms with van der Waals surface area (Å²) in [5.41, 5.74) is 9.09. The number of nitrogens with two attached hydrogens (primary N) is 1. The molecule has 0 aromatic carbocycles. The first-order chi connectivity index (χ1) is 14.9. The molecular weight excluding hydrogens is 410 g/mol. The monoisotopic (exact) mass is 437 g/mol. The molecule has 162 valence electrons. The molecular formula is C22H27N7OS. The van der Waals surface area contributed by atoms with E-state index >= 15 is 0 Å². The first-order valence-electron chi connectivity index (χ1n) is 10.3. The minimum atomic E-state index is -0.0172. The zero-order chi connectivity index (χ0) is 22.0.